The van der Waals surface area contributed by atoms with Gasteiger partial charge in [0.1, 0.15) is 5.82 Å². The number of para-hydroxylation sites is 2. The molecule has 142 valence electrons. The monoisotopic (exact) mass is 389 g/mol. The third-order valence-electron chi connectivity index (χ3n) is 4.76. The maximum atomic E-state index is 12.6. The SMILES string of the molecule is O=C(CCCc1cccs1)N[C@@H](Cc1ccccc1)c1nc2ccccc2[nH]1. The fourth-order valence-electron chi connectivity index (χ4n) is 3.35. The van der Waals surface area contributed by atoms with Gasteiger partial charge in [-0.1, -0.05) is 48.5 Å². The number of nitrogens with one attached hydrogen (secondary N) is 2. The lowest BCUT2D eigenvalue weighted by atomic mass is 10.0. The second-order valence-electron chi connectivity index (χ2n) is 6.88. The zero-order valence-electron chi connectivity index (χ0n) is 15.6. The van der Waals surface area contributed by atoms with Crippen LogP contribution < -0.4 is 5.32 Å². The number of aryl methyl sites for hydroxylation is 1. The lowest BCUT2D eigenvalue weighted by Crippen LogP contribution is -2.30. The van der Waals surface area contributed by atoms with Gasteiger partial charge in [-0.05, 0) is 48.4 Å². The molecular formula is C23H23N3OS. The molecule has 4 rings (SSSR count). The number of amides is 1. The van der Waals surface area contributed by atoms with Crippen molar-refractivity contribution in [3.63, 3.8) is 0 Å². The third kappa shape index (κ3) is 4.67. The fourth-order valence-corrected chi connectivity index (χ4v) is 4.10. The van der Waals surface area contributed by atoms with Crippen molar-refractivity contribution in [2.75, 3.05) is 0 Å². The van der Waals surface area contributed by atoms with Crippen LogP contribution in [0, 0.1) is 0 Å². The van der Waals surface area contributed by atoms with Crippen LogP contribution in [0.25, 0.3) is 11.0 Å². The Bertz CT molecular complexity index is 991. The highest BCUT2D eigenvalue weighted by Crippen LogP contribution is 2.20. The van der Waals surface area contributed by atoms with Crippen molar-refractivity contribution < 1.29 is 4.79 Å². The van der Waals surface area contributed by atoms with Gasteiger partial charge in [0, 0.05) is 11.3 Å². The molecule has 2 N–H and O–H groups in total. The van der Waals surface area contributed by atoms with E-state index in [0.29, 0.717) is 12.8 Å². The lowest BCUT2D eigenvalue weighted by molar-refractivity contribution is -0.122. The number of aromatic nitrogens is 2. The lowest BCUT2D eigenvalue weighted by Gasteiger charge is -2.17. The van der Waals surface area contributed by atoms with Gasteiger partial charge in [0.15, 0.2) is 0 Å². The molecule has 4 nitrogen and oxygen atoms in total. The van der Waals surface area contributed by atoms with E-state index < -0.39 is 0 Å². The highest BCUT2D eigenvalue weighted by molar-refractivity contribution is 7.09. The van der Waals surface area contributed by atoms with E-state index in [1.807, 2.05) is 42.5 Å². The van der Waals surface area contributed by atoms with Gasteiger partial charge in [-0.15, -0.1) is 11.3 Å². The molecule has 0 fully saturated rings. The molecule has 28 heavy (non-hydrogen) atoms. The van der Waals surface area contributed by atoms with Crippen molar-refractivity contribution in [3.8, 4) is 0 Å². The maximum Gasteiger partial charge on any atom is 0.220 e. The van der Waals surface area contributed by atoms with E-state index in [0.717, 1.165) is 29.7 Å². The Kier molecular flexibility index (Phi) is 5.83. The molecular weight excluding hydrogens is 366 g/mol. The van der Waals surface area contributed by atoms with Crippen molar-refractivity contribution in [1.29, 1.82) is 0 Å². The number of hydrogen-bond donors (Lipinski definition) is 2. The van der Waals surface area contributed by atoms with Gasteiger partial charge in [0.05, 0.1) is 17.1 Å². The van der Waals surface area contributed by atoms with Gasteiger partial charge < -0.3 is 10.3 Å². The van der Waals surface area contributed by atoms with Crippen LogP contribution in [0.2, 0.25) is 0 Å². The van der Waals surface area contributed by atoms with Crippen molar-refractivity contribution in [1.82, 2.24) is 15.3 Å². The van der Waals surface area contributed by atoms with Crippen LogP contribution in [-0.2, 0) is 17.6 Å². The average Bonchev–Trinajstić information content (AvgIpc) is 3.38. The van der Waals surface area contributed by atoms with Gasteiger partial charge in [-0.3, -0.25) is 4.79 Å². The van der Waals surface area contributed by atoms with Crippen LogP contribution in [0.5, 0.6) is 0 Å². The van der Waals surface area contributed by atoms with Crippen LogP contribution in [0.4, 0.5) is 0 Å². The summed E-state index contributed by atoms with van der Waals surface area (Å²) in [5.41, 5.74) is 3.08. The van der Waals surface area contributed by atoms with Crippen molar-refractivity contribution in [2.24, 2.45) is 0 Å². The van der Waals surface area contributed by atoms with E-state index in [4.69, 9.17) is 4.98 Å². The molecule has 1 atom stereocenters. The number of aromatic amines is 1. The van der Waals surface area contributed by atoms with Crippen molar-refractivity contribution in [2.45, 2.75) is 31.7 Å². The number of imidazole rings is 1. The van der Waals surface area contributed by atoms with E-state index in [1.165, 1.54) is 10.4 Å². The van der Waals surface area contributed by atoms with E-state index in [9.17, 15) is 4.79 Å². The fraction of sp³-hybridized carbons (Fsp3) is 0.217. The minimum absolute atomic E-state index is 0.0675. The predicted octanol–water partition coefficient (Wildman–Crippen LogP) is 5.05. The number of thiophene rings is 1. The number of H-pyrrole nitrogens is 1. The third-order valence-corrected chi connectivity index (χ3v) is 5.70. The van der Waals surface area contributed by atoms with Crippen LogP contribution in [0.3, 0.4) is 0 Å². The Labute approximate surface area is 168 Å². The van der Waals surface area contributed by atoms with Gasteiger partial charge in [-0.2, -0.15) is 0 Å². The second kappa shape index (κ2) is 8.85. The zero-order chi connectivity index (χ0) is 19.2. The molecule has 2 aromatic carbocycles. The number of nitrogens with zero attached hydrogens (tertiary/aromatic N) is 1. The normalized spacial score (nSPS) is 12.1. The molecule has 0 radical (unpaired) electrons. The zero-order valence-corrected chi connectivity index (χ0v) is 16.4. The predicted molar refractivity (Wildman–Crippen MR) is 114 cm³/mol. The summed E-state index contributed by atoms with van der Waals surface area (Å²) in [4.78, 5) is 22.0. The molecule has 2 aromatic heterocycles. The van der Waals surface area contributed by atoms with Crippen molar-refractivity contribution in [3.05, 3.63) is 88.4 Å². The summed E-state index contributed by atoms with van der Waals surface area (Å²) in [6, 6.07) is 22.2. The summed E-state index contributed by atoms with van der Waals surface area (Å²) in [5.74, 6) is 0.870. The number of fused-ring (bicyclic) bond motifs is 1. The minimum Gasteiger partial charge on any atom is -0.346 e. The van der Waals surface area contributed by atoms with Gasteiger partial charge >= 0.3 is 0 Å². The average molecular weight is 390 g/mol. The minimum atomic E-state index is -0.177. The summed E-state index contributed by atoms with van der Waals surface area (Å²) in [6.07, 6.45) is 3.02. The van der Waals surface area contributed by atoms with E-state index in [1.54, 1.807) is 11.3 Å². The largest absolute Gasteiger partial charge is 0.346 e. The first-order chi connectivity index (χ1) is 13.8. The molecule has 0 saturated heterocycles. The summed E-state index contributed by atoms with van der Waals surface area (Å²) in [7, 11) is 0. The first kappa shape index (κ1) is 18.4. The second-order valence-corrected chi connectivity index (χ2v) is 7.91. The molecule has 0 saturated carbocycles. The molecule has 0 bridgehead atoms. The Morgan fingerprint density at radius 2 is 1.86 bits per heavy atom. The molecule has 0 aliphatic heterocycles. The molecule has 0 aliphatic carbocycles. The summed E-state index contributed by atoms with van der Waals surface area (Å²) < 4.78 is 0. The quantitative estimate of drug-likeness (QED) is 0.443. The van der Waals surface area contributed by atoms with Crippen LogP contribution >= 0.6 is 11.3 Å². The standard InChI is InChI=1S/C23H23N3OS/c27-22(14-6-10-18-11-7-15-28-18)24-21(16-17-8-2-1-3-9-17)23-25-19-12-4-5-13-20(19)26-23/h1-5,7-9,11-13,15,21H,6,10,14,16H2,(H,24,27)(H,25,26)/t21-/m0/s1. The van der Waals surface area contributed by atoms with Gasteiger partial charge in [0.25, 0.3) is 0 Å². The van der Waals surface area contributed by atoms with E-state index >= 15 is 0 Å². The highest BCUT2D eigenvalue weighted by atomic mass is 32.1. The van der Waals surface area contributed by atoms with Crippen LogP contribution in [-0.4, -0.2) is 15.9 Å². The summed E-state index contributed by atoms with van der Waals surface area (Å²) in [6.45, 7) is 0. The molecule has 5 heteroatoms. The molecule has 0 spiro atoms. The van der Waals surface area contributed by atoms with Gasteiger partial charge in [-0.25, -0.2) is 4.98 Å². The smallest absolute Gasteiger partial charge is 0.220 e. The molecule has 4 aromatic rings. The number of hydrogen-bond acceptors (Lipinski definition) is 3. The van der Waals surface area contributed by atoms with E-state index in [-0.39, 0.29) is 11.9 Å². The summed E-state index contributed by atoms with van der Waals surface area (Å²) in [5, 5.41) is 5.27. The number of rotatable bonds is 8. The van der Waals surface area contributed by atoms with Crippen LogP contribution in [0.1, 0.15) is 35.1 Å². The maximum absolute atomic E-state index is 12.6. The molecule has 2 heterocycles. The first-order valence-electron chi connectivity index (χ1n) is 9.58. The first-order valence-corrected chi connectivity index (χ1v) is 10.5. The topological polar surface area (TPSA) is 57.8 Å². The number of carbonyl (C=O) groups excluding carboxylic acids is 1. The molecule has 1 amide bonds. The Balaban J connectivity index is 1.46. The Morgan fingerprint density at radius 1 is 1.04 bits per heavy atom. The molecule has 0 aliphatic rings. The number of benzene rings is 2. The van der Waals surface area contributed by atoms with E-state index in [2.05, 4.69) is 39.9 Å². The Morgan fingerprint density at radius 3 is 2.64 bits per heavy atom. The molecule has 0 unspecified atom stereocenters. The Hall–Kier alpha value is -2.92. The summed E-state index contributed by atoms with van der Waals surface area (Å²) >= 11 is 1.74. The van der Waals surface area contributed by atoms with Gasteiger partial charge in [0.2, 0.25) is 5.91 Å². The van der Waals surface area contributed by atoms with Crippen molar-refractivity contribution >= 4 is 28.3 Å². The van der Waals surface area contributed by atoms with Crippen LogP contribution in [0.15, 0.2) is 72.1 Å². The highest BCUT2D eigenvalue weighted by Gasteiger charge is 2.19. The number of carbonyl (C=O) groups is 1.